The third kappa shape index (κ3) is 3.48. The van der Waals surface area contributed by atoms with E-state index >= 15 is 0 Å². The van der Waals surface area contributed by atoms with Gasteiger partial charge in [-0.15, -0.1) is 0 Å². The van der Waals surface area contributed by atoms with Gasteiger partial charge in [0.1, 0.15) is 5.75 Å². The van der Waals surface area contributed by atoms with Crippen LogP contribution in [0.3, 0.4) is 0 Å². The molecule has 1 rings (SSSR count). The van der Waals surface area contributed by atoms with E-state index in [1.165, 1.54) is 0 Å². The number of carboxylic acid groups (broad SMARTS) is 1. The Hall–Kier alpha value is -1.51. The first-order valence-corrected chi connectivity index (χ1v) is 6.05. The molecule has 0 fully saturated rings. The summed E-state index contributed by atoms with van der Waals surface area (Å²) in [6.07, 6.45) is 0.851. The smallest absolute Gasteiger partial charge is 0.311 e. The highest BCUT2D eigenvalue weighted by atomic mass is 16.5. The van der Waals surface area contributed by atoms with Gasteiger partial charge in [-0.05, 0) is 30.5 Å². The topological polar surface area (TPSA) is 46.5 Å². The lowest BCUT2D eigenvalue weighted by Crippen LogP contribution is -2.19. The summed E-state index contributed by atoms with van der Waals surface area (Å²) in [5.74, 6) is -0.283. The maximum absolute atomic E-state index is 11.3. The Morgan fingerprint density at radius 3 is 2.29 bits per heavy atom. The third-order valence-electron chi connectivity index (χ3n) is 3.03. The van der Waals surface area contributed by atoms with Crippen molar-refractivity contribution in [3.63, 3.8) is 0 Å². The van der Waals surface area contributed by atoms with Crippen molar-refractivity contribution < 1.29 is 14.6 Å². The summed E-state index contributed by atoms with van der Waals surface area (Å²) in [7, 11) is 0. The summed E-state index contributed by atoms with van der Waals surface area (Å²) in [5, 5.41) is 9.27. The molecule has 94 valence electrons. The molecule has 0 saturated heterocycles. The lowest BCUT2D eigenvalue weighted by atomic mass is 9.86. The predicted octanol–water partition coefficient (Wildman–Crippen LogP) is 3.30. The fourth-order valence-corrected chi connectivity index (χ4v) is 1.89. The molecular weight excluding hydrogens is 216 g/mol. The van der Waals surface area contributed by atoms with E-state index in [-0.39, 0.29) is 5.92 Å². The van der Waals surface area contributed by atoms with E-state index in [2.05, 4.69) is 0 Å². The number of hydrogen-bond acceptors (Lipinski definition) is 2. The quantitative estimate of drug-likeness (QED) is 0.824. The van der Waals surface area contributed by atoms with Crippen LogP contribution in [0.1, 0.15) is 38.7 Å². The maximum atomic E-state index is 11.3. The van der Waals surface area contributed by atoms with Crippen LogP contribution in [0.15, 0.2) is 24.3 Å². The van der Waals surface area contributed by atoms with Gasteiger partial charge in [-0.25, -0.2) is 0 Å². The number of carboxylic acids is 1. The zero-order valence-electron chi connectivity index (χ0n) is 10.6. The van der Waals surface area contributed by atoms with Crippen molar-refractivity contribution in [1.29, 1.82) is 0 Å². The normalized spacial score (nSPS) is 14.1. The molecule has 1 N–H and O–H groups in total. The van der Waals surface area contributed by atoms with Gasteiger partial charge < -0.3 is 9.84 Å². The highest BCUT2D eigenvalue weighted by Crippen LogP contribution is 2.28. The zero-order valence-corrected chi connectivity index (χ0v) is 10.6. The lowest BCUT2D eigenvalue weighted by molar-refractivity contribution is -0.140. The summed E-state index contributed by atoms with van der Waals surface area (Å²) in [6.45, 7) is 6.52. The summed E-state index contributed by atoms with van der Waals surface area (Å²) in [4.78, 5) is 11.3. The van der Waals surface area contributed by atoms with E-state index in [4.69, 9.17) is 4.74 Å². The van der Waals surface area contributed by atoms with Gasteiger partial charge in [-0.3, -0.25) is 4.79 Å². The highest BCUT2D eigenvalue weighted by Gasteiger charge is 2.25. The Labute approximate surface area is 102 Å². The largest absolute Gasteiger partial charge is 0.494 e. The number of rotatable bonds is 6. The molecule has 0 aromatic heterocycles. The van der Waals surface area contributed by atoms with Crippen molar-refractivity contribution in [3.8, 4) is 5.75 Å². The van der Waals surface area contributed by atoms with E-state index in [0.717, 1.165) is 17.7 Å². The minimum absolute atomic E-state index is 0.130. The summed E-state index contributed by atoms with van der Waals surface area (Å²) in [6, 6.07) is 7.35. The number of aliphatic carboxylic acids is 1. The van der Waals surface area contributed by atoms with Crippen molar-refractivity contribution in [2.24, 2.45) is 5.92 Å². The zero-order chi connectivity index (χ0) is 12.8. The van der Waals surface area contributed by atoms with Crippen LogP contribution in [0.4, 0.5) is 0 Å². The fourth-order valence-electron chi connectivity index (χ4n) is 1.89. The summed E-state index contributed by atoms with van der Waals surface area (Å²) < 4.78 is 5.34. The monoisotopic (exact) mass is 236 g/mol. The van der Waals surface area contributed by atoms with Crippen LogP contribution in [0.2, 0.25) is 0 Å². The predicted molar refractivity (Wildman–Crippen MR) is 67.4 cm³/mol. The molecule has 1 aromatic carbocycles. The van der Waals surface area contributed by atoms with Gasteiger partial charge in [0.05, 0.1) is 12.5 Å². The van der Waals surface area contributed by atoms with Crippen LogP contribution in [0.5, 0.6) is 5.75 Å². The SMILES string of the molecule is CCOc1ccc(C(C(=O)O)C(C)CC)cc1. The number of benzene rings is 1. The Bertz CT molecular complexity index is 356. The van der Waals surface area contributed by atoms with Crippen LogP contribution in [-0.4, -0.2) is 17.7 Å². The van der Waals surface area contributed by atoms with E-state index < -0.39 is 11.9 Å². The first kappa shape index (κ1) is 13.6. The number of hydrogen-bond donors (Lipinski definition) is 1. The van der Waals surface area contributed by atoms with Crippen LogP contribution in [0, 0.1) is 5.92 Å². The Morgan fingerprint density at radius 1 is 1.29 bits per heavy atom. The molecule has 3 heteroatoms. The van der Waals surface area contributed by atoms with Gasteiger partial charge in [0.2, 0.25) is 0 Å². The first-order chi connectivity index (χ1) is 8.10. The molecule has 0 radical (unpaired) electrons. The molecule has 17 heavy (non-hydrogen) atoms. The van der Waals surface area contributed by atoms with Gasteiger partial charge in [-0.2, -0.15) is 0 Å². The molecule has 0 aliphatic carbocycles. The van der Waals surface area contributed by atoms with Gasteiger partial charge in [0, 0.05) is 0 Å². The molecule has 1 aromatic rings. The van der Waals surface area contributed by atoms with E-state index in [1.54, 1.807) is 0 Å². The van der Waals surface area contributed by atoms with Crippen molar-refractivity contribution >= 4 is 5.97 Å². The van der Waals surface area contributed by atoms with Gasteiger partial charge in [0.15, 0.2) is 0 Å². The van der Waals surface area contributed by atoms with Crippen LogP contribution in [0.25, 0.3) is 0 Å². The Balaban J connectivity index is 2.91. The fraction of sp³-hybridized carbons (Fsp3) is 0.500. The number of ether oxygens (including phenoxy) is 1. The van der Waals surface area contributed by atoms with Crippen molar-refractivity contribution in [3.05, 3.63) is 29.8 Å². The Morgan fingerprint density at radius 2 is 1.88 bits per heavy atom. The molecule has 0 amide bonds. The third-order valence-corrected chi connectivity index (χ3v) is 3.03. The minimum Gasteiger partial charge on any atom is -0.494 e. The van der Waals surface area contributed by atoms with E-state index in [9.17, 15) is 9.90 Å². The second kappa shape index (κ2) is 6.28. The van der Waals surface area contributed by atoms with Gasteiger partial charge in [0.25, 0.3) is 0 Å². The van der Waals surface area contributed by atoms with Crippen LogP contribution >= 0.6 is 0 Å². The molecule has 0 aliphatic rings. The first-order valence-electron chi connectivity index (χ1n) is 6.05. The lowest BCUT2D eigenvalue weighted by Gasteiger charge is -2.19. The van der Waals surface area contributed by atoms with Crippen LogP contribution in [-0.2, 0) is 4.79 Å². The summed E-state index contributed by atoms with van der Waals surface area (Å²) in [5.41, 5.74) is 0.843. The second-order valence-electron chi connectivity index (χ2n) is 4.20. The highest BCUT2D eigenvalue weighted by molar-refractivity contribution is 5.76. The van der Waals surface area contributed by atoms with Gasteiger partial charge in [-0.1, -0.05) is 32.4 Å². The van der Waals surface area contributed by atoms with Crippen molar-refractivity contribution in [2.45, 2.75) is 33.1 Å². The average molecular weight is 236 g/mol. The second-order valence-corrected chi connectivity index (χ2v) is 4.20. The van der Waals surface area contributed by atoms with Crippen molar-refractivity contribution in [2.75, 3.05) is 6.61 Å². The van der Waals surface area contributed by atoms with Crippen molar-refractivity contribution in [1.82, 2.24) is 0 Å². The van der Waals surface area contributed by atoms with Gasteiger partial charge >= 0.3 is 5.97 Å². The average Bonchev–Trinajstić information content (AvgIpc) is 2.31. The number of carbonyl (C=O) groups is 1. The van der Waals surface area contributed by atoms with E-state index in [1.807, 2.05) is 45.0 Å². The summed E-state index contributed by atoms with van der Waals surface area (Å²) >= 11 is 0. The molecule has 3 nitrogen and oxygen atoms in total. The molecule has 0 saturated carbocycles. The molecular formula is C14H20O3. The minimum atomic E-state index is -0.761. The maximum Gasteiger partial charge on any atom is 0.311 e. The molecule has 2 unspecified atom stereocenters. The Kier molecular flexibility index (Phi) is 5.01. The molecule has 0 heterocycles. The molecule has 2 atom stereocenters. The van der Waals surface area contributed by atoms with Crippen LogP contribution < -0.4 is 4.74 Å². The molecule has 0 spiro atoms. The molecule has 0 aliphatic heterocycles. The molecule has 0 bridgehead atoms. The van der Waals surface area contributed by atoms with E-state index in [0.29, 0.717) is 6.61 Å². The standard InChI is InChI=1S/C14H20O3/c1-4-10(3)13(14(15)16)11-6-8-12(9-7-11)17-5-2/h6-10,13H,4-5H2,1-3H3,(H,15,16).